The molecule has 2 aromatic carbocycles. The molecule has 0 aliphatic carbocycles. The van der Waals surface area contributed by atoms with Crippen molar-refractivity contribution in [2.45, 2.75) is 23.6 Å². The fraction of sp³-hybridized carbons (Fsp3) is 0.176. The maximum atomic E-state index is 12.1. The van der Waals surface area contributed by atoms with E-state index in [-0.39, 0.29) is 11.2 Å². The van der Waals surface area contributed by atoms with E-state index in [0.717, 1.165) is 14.9 Å². The number of imide groups is 1. The average molecular weight is 393 g/mol. The van der Waals surface area contributed by atoms with E-state index in [9.17, 15) is 9.59 Å². The van der Waals surface area contributed by atoms with Crippen LogP contribution >= 0.6 is 27.7 Å². The summed E-state index contributed by atoms with van der Waals surface area (Å²) in [6.45, 7) is 2.15. The summed E-state index contributed by atoms with van der Waals surface area (Å²) in [5, 5.41) is 4.66. The molecule has 0 saturated heterocycles. The minimum atomic E-state index is -0.488. The van der Waals surface area contributed by atoms with Gasteiger partial charge in [0.05, 0.1) is 5.25 Å². The van der Waals surface area contributed by atoms with Crippen molar-refractivity contribution in [1.82, 2.24) is 10.6 Å². The van der Waals surface area contributed by atoms with E-state index in [4.69, 9.17) is 0 Å². The second kappa shape index (κ2) is 8.74. The predicted octanol–water partition coefficient (Wildman–Crippen LogP) is 3.96. The zero-order valence-corrected chi connectivity index (χ0v) is 15.0. The first-order valence-electron chi connectivity index (χ1n) is 7.10. The lowest BCUT2D eigenvalue weighted by atomic mass is 10.2. The lowest BCUT2D eigenvalue weighted by Gasteiger charge is -2.12. The third-order valence-corrected chi connectivity index (χ3v) is 5.17. The highest BCUT2D eigenvalue weighted by atomic mass is 79.9. The van der Waals surface area contributed by atoms with E-state index in [2.05, 4.69) is 26.6 Å². The minimum absolute atomic E-state index is 0.323. The van der Waals surface area contributed by atoms with Crippen LogP contribution in [0.15, 0.2) is 64.0 Å². The van der Waals surface area contributed by atoms with Crippen LogP contribution < -0.4 is 10.6 Å². The molecule has 0 fully saturated rings. The number of halogens is 1. The van der Waals surface area contributed by atoms with Gasteiger partial charge in [-0.2, -0.15) is 0 Å². The average Bonchev–Trinajstić information content (AvgIpc) is 2.56. The Morgan fingerprint density at radius 3 is 2.43 bits per heavy atom. The number of benzene rings is 2. The molecule has 0 aliphatic rings. The van der Waals surface area contributed by atoms with Crippen molar-refractivity contribution in [3.8, 4) is 0 Å². The Bertz CT molecular complexity index is 679. The molecule has 2 N–H and O–H groups in total. The monoisotopic (exact) mass is 392 g/mol. The molecule has 6 heteroatoms. The molecule has 2 rings (SSSR count). The van der Waals surface area contributed by atoms with Crippen LogP contribution in [0, 0.1) is 0 Å². The Labute approximate surface area is 148 Å². The van der Waals surface area contributed by atoms with Gasteiger partial charge in [0.1, 0.15) is 0 Å². The van der Waals surface area contributed by atoms with Gasteiger partial charge in [-0.3, -0.25) is 10.1 Å². The van der Waals surface area contributed by atoms with Crippen molar-refractivity contribution >= 4 is 39.6 Å². The van der Waals surface area contributed by atoms with E-state index < -0.39 is 6.03 Å². The second-order valence-electron chi connectivity index (χ2n) is 4.85. The minimum Gasteiger partial charge on any atom is -0.334 e. The third-order valence-electron chi connectivity index (χ3n) is 3.04. The highest BCUT2D eigenvalue weighted by Gasteiger charge is 2.17. The van der Waals surface area contributed by atoms with Crippen LogP contribution in [-0.4, -0.2) is 17.2 Å². The topological polar surface area (TPSA) is 58.2 Å². The number of amides is 3. The van der Waals surface area contributed by atoms with Crippen molar-refractivity contribution in [2.24, 2.45) is 0 Å². The number of carbonyl (C=O) groups is 2. The number of rotatable bonds is 5. The summed E-state index contributed by atoms with van der Waals surface area (Å²) in [5.74, 6) is -0.323. The lowest BCUT2D eigenvalue weighted by Crippen LogP contribution is -2.42. The molecule has 0 spiro atoms. The molecule has 0 aromatic heterocycles. The molecule has 120 valence electrons. The number of urea groups is 1. The Morgan fingerprint density at radius 1 is 1.09 bits per heavy atom. The van der Waals surface area contributed by atoms with Gasteiger partial charge in [0.2, 0.25) is 5.91 Å². The fourth-order valence-electron chi connectivity index (χ4n) is 1.82. The van der Waals surface area contributed by atoms with Crippen molar-refractivity contribution < 1.29 is 9.59 Å². The maximum Gasteiger partial charge on any atom is 0.321 e. The van der Waals surface area contributed by atoms with Crippen molar-refractivity contribution in [3.05, 3.63) is 64.6 Å². The first-order valence-corrected chi connectivity index (χ1v) is 8.77. The quantitative estimate of drug-likeness (QED) is 0.757. The molecule has 3 amide bonds. The predicted molar refractivity (Wildman–Crippen MR) is 96.3 cm³/mol. The first kappa shape index (κ1) is 17.6. The van der Waals surface area contributed by atoms with Crippen LogP contribution in [0.4, 0.5) is 4.79 Å². The zero-order chi connectivity index (χ0) is 16.7. The fourth-order valence-corrected chi connectivity index (χ4v) is 3.27. The van der Waals surface area contributed by atoms with E-state index in [1.54, 1.807) is 6.92 Å². The highest BCUT2D eigenvalue weighted by Crippen LogP contribution is 2.30. The summed E-state index contributed by atoms with van der Waals surface area (Å²) in [6, 6.07) is 16.7. The molecule has 0 bridgehead atoms. The Kier molecular flexibility index (Phi) is 6.67. The third kappa shape index (κ3) is 5.73. The summed E-state index contributed by atoms with van der Waals surface area (Å²) in [6.07, 6.45) is 0. The van der Waals surface area contributed by atoms with Crippen molar-refractivity contribution in [1.29, 1.82) is 0 Å². The van der Waals surface area contributed by atoms with Crippen molar-refractivity contribution in [3.63, 3.8) is 0 Å². The zero-order valence-electron chi connectivity index (χ0n) is 12.6. The van der Waals surface area contributed by atoms with Crippen LogP contribution in [0.3, 0.4) is 0 Å². The molecule has 4 nitrogen and oxygen atoms in total. The molecular formula is C17H17BrN2O2S. The molecule has 1 unspecified atom stereocenters. The van der Waals surface area contributed by atoms with Gasteiger partial charge in [-0.25, -0.2) is 4.79 Å². The largest absolute Gasteiger partial charge is 0.334 e. The molecule has 1 atom stereocenters. The Morgan fingerprint density at radius 2 is 1.74 bits per heavy atom. The van der Waals surface area contributed by atoms with E-state index >= 15 is 0 Å². The Balaban J connectivity index is 1.81. The number of thioether (sulfide) groups is 1. The van der Waals surface area contributed by atoms with Crippen LogP contribution in [0.1, 0.15) is 12.5 Å². The maximum absolute atomic E-state index is 12.1. The number of hydrogen-bond donors (Lipinski definition) is 2. The second-order valence-corrected chi connectivity index (χ2v) is 7.09. The van der Waals surface area contributed by atoms with Crippen LogP contribution in [0.25, 0.3) is 0 Å². The van der Waals surface area contributed by atoms with Gasteiger partial charge < -0.3 is 5.32 Å². The van der Waals surface area contributed by atoms with E-state index in [0.29, 0.717) is 6.54 Å². The smallest absolute Gasteiger partial charge is 0.321 e. The SMILES string of the molecule is CC(Sc1ccccc1Br)C(=O)NC(=O)NCc1ccccc1. The van der Waals surface area contributed by atoms with Gasteiger partial charge >= 0.3 is 6.03 Å². The van der Waals surface area contributed by atoms with Crippen LogP contribution in [0.2, 0.25) is 0 Å². The molecule has 23 heavy (non-hydrogen) atoms. The standard InChI is InChI=1S/C17H17BrN2O2S/c1-12(23-15-10-6-5-9-14(15)18)16(21)20-17(22)19-11-13-7-3-2-4-8-13/h2-10,12H,11H2,1H3,(H2,19,20,21,22). The van der Waals surface area contributed by atoms with Gasteiger partial charge in [-0.05, 0) is 40.5 Å². The number of hydrogen-bond acceptors (Lipinski definition) is 3. The summed E-state index contributed by atoms with van der Waals surface area (Å²) < 4.78 is 0.929. The molecule has 0 heterocycles. The van der Waals surface area contributed by atoms with Crippen LogP contribution in [-0.2, 0) is 11.3 Å². The van der Waals surface area contributed by atoms with E-state index in [1.165, 1.54) is 11.8 Å². The number of nitrogens with one attached hydrogen (secondary N) is 2. The highest BCUT2D eigenvalue weighted by molar-refractivity contribution is 9.10. The van der Waals surface area contributed by atoms with Gasteiger partial charge in [-0.15, -0.1) is 11.8 Å². The van der Waals surface area contributed by atoms with Gasteiger partial charge in [-0.1, -0.05) is 42.5 Å². The Hall–Kier alpha value is -1.79. The van der Waals surface area contributed by atoms with Crippen LogP contribution in [0.5, 0.6) is 0 Å². The van der Waals surface area contributed by atoms with Gasteiger partial charge in [0.25, 0.3) is 0 Å². The number of carbonyl (C=O) groups excluding carboxylic acids is 2. The van der Waals surface area contributed by atoms with Gasteiger partial charge in [0.15, 0.2) is 0 Å². The summed E-state index contributed by atoms with van der Waals surface area (Å²) >= 11 is 4.84. The first-order chi connectivity index (χ1) is 11.1. The van der Waals surface area contributed by atoms with Gasteiger partial charge in [0, 0.05) is 15.9 Å². The molecule has 0 aliphatic heterocycles. The summed E-state index contributed by atoms with van der Waals surface area (Å²) in [7, 11) is 0. The normalized spacial score (nSPS) is 11.6. The molecule has 0 saturated carbocycles. The van der Waals surface area contributed by atoms with Crippen molar-refractivity contribution in [2.75, 3.05) is 0 Å². The van der Waals surface area contributed by atoms with E-state index in [1.807, 2.05) is 54.6 Å². The molecule has 0 radical (unpaired) electrons. The summed E-state index contributed by atoms with van der Waals surface area (Å²) in [4.78, 5) is 24.8. The lowest BCUT2D eigenvalue weighted by molar-refractivity contribution is -0.119. The summed E-state index contributed by atoms with van der Waals surface area (Å²) in [5.41, 5.74) is 0.978. The molecular weight excluding hydrogens is 376 g/mol. The molecule has 2 aromatic rings.